The van der Waals surface area contributed by atoms with Gasteiger partial charge in [-0.05, 0) is 54.8 Å². The van der Waals surface area contributed by atoms with Crippen molar-refractivity contribution >= 4 is 17.2 Å². The summed E-state index contributed by atoms with van der Waals surface area (Å²) in [6, 6.07) is 13.6. The van der Waals surface area contributed by atoms with Gasteiger partial charge < -0.3 is 9.64 Å². The number of hydrogen-bond donors (Lipinski definition) is 0. The molecular weight excluding hydrogens is 387 g/mol. The zero-order valence-corrected chi connectivity index (χ0v) is 17.7. The maximum absolute atomic E-state index is 13.2. The predicted octanol–water partition coefficient (Wildman–Crippen LogP) is 5.47. The monoisotopic (exact) mass is 412 g/mol. The molecule has 4 nitrogen and oxygen atoms in total. The molecule has 2 aromatic carbocycles. The number of rotatable bonds is 8. The zero-order valence-electron chi connectivity index (χ0n) is 16.9. The van der Waals surface area contributed by atoms with Gasteiger partial charge in [0.1, 0.15) is 23.2 Å². The molecule has 0 radical (unpaired) electrons. The smallest absolute Gasteiger partial charge is 0.254 e. The molecular formula is C23H25FN2O2S. The van der Waals surface area contributed by atoms with Gasteiger partial charge in [-0.15, -0.1) is 11.3 Å². The maximum Gasteiger partial charge on any atom is 0.254 e. The van der Waals surface area contributed by atoms with Crippen LogP contribution >= 0.6 is 11.3 Å². The van der Waals surface area contributed by atoms with Crippen molar-refractivity contribution in [3.63, 3.8) is 0 Å². The molecule has 0 unspecified atom stereocenters. The Labute approximate surface area is 175 Å². The lowest BCUT2D eigenvalue weighted by Gasteiger charge is -2.24. The van der Waals surface area contributed by atoms with E-state index in [4.69, 9.17) is 4.74 Å². The summed E-state index contributed by atoms with van der Waals surface area (Å²) >= 11 is 1.52. The number of amides is 1. The molecule has 0 bridgehead atoms. The second-order valence-electron chi connectivity index (χ2n) is 7.42. The minimum Gasteiger partial charge on any atom is -0.486 e. The summed E-state index contributed by atoms with van der Waals surface area (Å²) in [6.07, 6.45) is 0. The van der Waals surface area contributed by atoms with Gasteiger partial charge in [0.05, 0.1) is 12.2 Å². The first-order chi connectivity index (χ1) is 13.9. The highest BCUT2D eigenvalue weighted by Crippen LogP contribution is 2.19. The molecule has 0 saturated carbocycles. The third-order valence-electron chi connectivity index (χ3n) is 4.27. The Morgan fingerprint density at radius 2 is 1.97 bits per heavy atom. The van der Waals surface area contributed by atoms with Gasteiger partial charge in [-0.2, -0.15) is 0 Å². The lowest BCUT2D eigenvalue weighted by molar-refractivity contribution is 0.0720. The molecule has 0 aliphatic heterocycles. The van der Waals surface area contributed by atoms with Gasteiger partial charge in [0.2, 0.25) is 0 Å². The molecule has 1 aromatic heterocycles. The fourth-order valence-corrected chi connectivity index (χ4v) is 3.66. The number of nitrogens with zero attached hydrogens (tertiary/aromatic N) is 2. The van der Waals surface area contributed by atoms with E-state index in [-0.39, 0.29) is 11.7 Å². The SMILES string of the molecule is Cc1cccc(OCc2nc(CN(CC(C)C)C(=O)c3ccc(F)cc3)cs2)c1. The van der Waals surface area contributed by atoms with Crippen molar-refractivity contribution in [2.24, 2.45) is 5.92 Å². The second-order valence-corrected chi connectivity index (χ2v) is 8.37. The van der Waals surface area contributed by atoms with E-state index in [0.717, 1.165) is 22.0 Å². The minimum atomic E-state index is -0.352. The van der Waals surface area contributed by atoms with Crippen LogP contribution in [0.25, 0.3) is 0 Å². The van der Waals surface area contributed by atoms with Crippen molar-refractivity contribution in [1.82, 2.24) is 9.88 Å². The summed E-state index contributed by atoms with van der Waals surface area (Å²) in [7, 11) is 0. The Morgan fingerprint density at radius 3 is 2.66 bits per heavy atom. The number of ether oxygens (including phenoxy) is 1. The Balaban J connectivity index is 1.66. The van der Waals surface area contributed by atoms with E-state index in [0.29, 0.717) is 31.2 Å². The summed E-state index contributed by atoms with van der Waals surface area (Å²) in [5.41, 5.74) is 2.45. The van der Waals surface area contributed by atoms with Gasteiger partial charge in [0, 0.05) is 17.5 Å². The van der Waals surface area contributed by atoms with E-state index in [1.54, 1.807) is 4.90 Å². The van der Waals surface area contributed by atoms with Gasteiger partial charge in [-0.3, -0.25) is 4.79 Å². The molecule has 0 N–H and O–H groups in total. The third kappa shape index (κ3) is 6.12. The fraction of sp³-hybridized carbons (Fsp3) is 0.304. The summed E-state index contributed by atoms with van der Waals surface area (Å²) < 4.78 is 19.0. The van der Waals surface area contributed by atoms with E-state index in [9.17, 15) is 9.18 Å². The predicted molar refractivity (Wildman–Crippen MR) is 114 cm³/mol. The summed E-state index contributed by atoms with van der Waals surface area (Å²) in [4.78, 5) is 19.3. The number of thiazole rings is 1. The fourth-order valence-electron chi connectivity index (χ4n) is 2.97. The molecule has 0 saturated heterocycles. The molecule has 0 atom stereocenters. The molecule has 1 heterocycles. The van der Waals surface area contributed by atoms with Crippen LogP contribution in [0.2, 0.25) is 0 Å². The minimum absolute atomic E-state index is 0.121. The Morgan fingerprint density at radius 1 is 1.21 bits per heavy atom. The van der Waals surface area contributed by atoms with E-state index >= 15 is 0 Å². The van der Waals surface area contributed by atoms with Crippen LogP contribution in [0.3, 0.4) is 0 Å². The highest BCUT2D eigenvalue weighted by Gasteiger charge is 2.19. The molecule has 0 spiro atoms. The molecule has 29 heavy (non-hydrogen) atoms. The van der Waals surface area contributed by atoms with E-state index in [1.165, 1.54) is 35.6 Å². The second kappa shape index (κ2) is 9.65. The number of benzene rings is 2. The van der Waals surface area contributed by atoms with Crippen LogP contribution in [-0.4, -0.2) is 22.3 Å². The molecule has 0 fully saturated rings. The van der Waals surface area contributed by atoms with Crippen LogP contribution in [0.1, 0.15) is 40.5 Å². The molecule has 0 aliphatic carbocycles. The molecule has 152 valence electrons. The number of aryl methyl sites for hydroxylation is 1. The number of carbonyl (C=O) groups is 1. The molecule has 1 amide bonds. The first-order valence-electron chi connectivity index (χ1n) is 9.58. The summed E-state index contributed by atoms with van der Waals surface area (Å²) in [5, 5.41) is 2.82. The highest BCUT2D eigenvalue weighted by atomic mass is 32.1. The van der Waals surface area contributed by atoms with Gasteiger partial charge >= 0.3 is 0 Å². The summed E-state index contributed by atoms with van der Waals surface area (Å²) in [6.45, 7) is 7.55. The largest absolute Gasteiger partial charge is 0.486 e. The van der Waals surface area contributed by atoms with Crippen LogP contribution in [-0.2, 0) is 13.2 Å². The molecule has 6 heteroatoms. The maximum atomic E-state index is 13.2. The van der Waals surface area contributed by atoms with Crippen molar-refractivity contribution in [3.8, 4) is 5.75 Å². The van der Waals surface area contributed by atoms with Crippen molar-refractivity contribution in [2.45, 2.75) is 33.9 Å². The third-order valence-corrected chi connectivity index (χ3v) is 5.14. The Hall–Kier alpha value is -2.73. The Kier molecular flexibility index (Phi) is 6.99. The standard InChI is InChI=1S/C23H25FN2O2S/c1-16(2)12-26(23(27)18-7-9-19(24)10-8-18)13-20-15-29-22(25-20)14-28-21-6-4-5-17(3)11-21/h4-11,15-16H,12-14H2,1-3H3. The van der Waals surface area contributed by atoms with Crippen molar-refractivity contribution in [3.05, 3.63) is 81.6 Å². The van der Waals surface area contributed by atoms with Gasteiger partial charge in [-0.25, -0.2) is 9.37 Å². The average Bonchev–Trinajstić information content (AvgIpc) is 3.13. The lowest BCUT2D eigenvalue weighted by Crippen LogP contribution is -2.33. The summed E-state index contributed by atoms with van der Waals surface area (Å²) in [5.74, 6) is 0.649. The quantitative estimate of drug-likeness (QED) is 0.493. The number of halogens is 1. The van der Waals surface area contributed by atoms with Crippen LogP contribution in [0, 0.1) is 18.7 Å². The van der Waals surface area contributed by atoms with E-state index in [2.05, 4.69) is 18.8 Å². The first kappa shape index (κ1) is 21.0. The number of hydrogen-bond acceptors (Lipinski definition) is 4. The van der Waals surface area contributed by atoms with Gasteiger partial charge in [0.15, 0.2) is 0 Å². The van der Waals surface area contributed by atoms with Crippen LogP contribution in [0.5, 0.6) is 5.75 Å². The van der Waals surface area contributed by atoms with Gasteiger partial charge in [-0.1, -0.05) is 26.0 Å². The topological polar surface area (TPSA) is 42.4 Å². The van der Waals surface area contributed by atoms with Crippen LogP contribution in [0.4, 0.5) is 4.39 Å². The van der Waals surface area contributed by atoms with E-state index in [1.807, 2.05) is 36.6 Å². The van der Waals surface area contributed by atoms with Crippen LogP contribution in [0.15, 0.2) is 53.9 Å². The van der Waals surface area contributed by atoms with Crippen molar-refractivity contribution in [1.29, 1.82) is 0 Å². The molecule has 3 aromatic rings. The molecule has 3 rings (SSSR count). The zero-order chi connectivity index (χ0) is 20.8. The normalized spacial score (nSPS) is 10.9. The first-order valence-corrected chi connectivity index (χ1v) is 10.5. The Bertz CT molecular complexity index is 954. The van der Waals surface area contributed by atoms with E-state index < -0.39 is 0 Å². The number of carbonyl (C=O) groups excluding carboxylic acids is 1. The van der Waals surface area contributed by atoms with Crippen LogP contribution < -0.4 is 4.74 Å². The van der Waals surface area contributed by atoms with Crippen molar-refractivity contribution in [2.75, 3.05) is 6.54 Å². The number of aromatic nitrogens is 1. The lowest BCUT2D eigenvalue weighted by atomic mass is 10.1. The highest BCUT2D eigenvalue weighted by molar-refractivity contribution is 7.09. The molecule has 0 aliphatic rings. The van der Waals surface area contributed by atoms with Gasteiger partial charge in [0.25, 0.3) is 5.91 Å². The average molecular weight is 413 g/mol. The van der Waals surface area contributed by atoms with Crippen molar-refractivity contribution < 1.29 is 13.9 Å².